The first kappa shape index (κ1) is 19.7. The first-order valence-electron chi connectivity index (χ1n) is 6.81. The van der Waals surface area contributed by atoms with Gasteiger partial charge in [-0.25, -0.2) is 9.59 Å². The normalized spacial score (nSPS) is 13.2. The van der Waals surface area contributed by atoms with E-state index in [1.54, 1.807) is 0 Å². The molecule has 0 aromatic heterocycles. The smallest absolute Gasteiger partial charge is 0.408 e. The first-order valence-corrected chi connectivity index (χ1v) is 9.72. The highest BCUT2D eigenvalue weighted by atomic mass is 28.4. The Labute approximate surface area is 128 Å². The molecular weight excluding hydrogens is 290 g/mol. The van der Waals surface area contributed by atoms with Crippen LogP contribution in [0.1, 0.15) is 20.8 Å². The van der Waals surface area contributed by atoms with Crippen LogP contribution in [-0.4, -0.2) is 46.7 Å². The Morgan fingerprint density at radius 3 is 2.33 bits per heavy atom. The van der Waals surface area contributed by atoms with Crippen LogP contribution in [0, 0.1) is 0 Å². The molecule has 0 fully saturated rings. The maximum Gasteiger partial charge on any atom is 0.408 e. The monoisotopic (exact) mass is 317 g/mol. The lowest BCUT2D eigenvalue weighted by molar-refractivity contribution is -0.143. The van der Waals surface area contributed by atoms with Crippen molar-refractivity contribution in [1.29, 1.82) is 0 Å². The molecule has 0 saturated carbocycles. The molecule has 0 aliphatic carbocycles. The summed E-state index contributed by atoms with van der Waals surface area (Å²) in [6.45, 7) is 14.0. The predicted molar refractivity (Wildman–Crippen MR) is 83.6 cm³/mol. The van der Waals surface area contributed by atoms with Crippen molar-refractivity contribution in [3.63, 3.8) is 0 Å². The number of ether oxygens (including phenoxy) is 2. The highest BCUT2D eigenvalue weighted by Gasteiger charge is 2.38. The third-order valence-electron chi connectivity index (χ3n) is 3.53. The van der Waals surface area contributed by atoms with E-state index in [9.17, 15) is 9.59 Å². The Balaban J connectivity index is 4.69. The molecule has 0 bridgehead atoms. The maximum absolute atomic E-state index is 11.7. The summed E-state index contributed by atoms with van der Waals surface area (Å²) in [7, 11) is -0.756. The number of carbonyl (C=O) groups is 2. The molecule has 6 nitrogen and oxygen atoms in total. The lowest BCUT2D eigenvalue weighted by Gasteiger charge is -2.37. The molecular formula is C14H27NO5Si. The van der Waals surface area contributed by atoms with E-state index in [1.165, 1.54) is 13.2 Å². The Bertz CT molecular complexity index is 376. The standard InChI is InChI=1S/C14H27NO5Si/c1-8-9-19-13(17)15-11(12(16)18-5)10-20-21(6,7)14(2,3)4/h8,11H,1,9-10H2,2-7H3,(H,15,17). The van der Waals surface area contributed by atoms with E-state index in [2.05, 4.69) is 50.5 Å². The zero-order valence-electron chi connectivity index (χ0n) is 13.8. The number of carbonyl (C=O) groups excluding carboxylic acids is 2. The SMILES string of the molecule is C=CCOC(=O)NC(CO[Si](C)(C)C(C)(C)C)C(=O)OC. The van der Waals surface area contributed by atoms with Gasteiger partial charge in [0, 0.05) is 0 Å². The zero-order valence-corrected chi connectivity index (χ0v) is 14.8. The molecule has 0 spiro atoms. The van der Waals surface area contributed by atoms with Gasteiger partial charge in [0.1, 0.15) is 6.61 Å². The van der Waals surface area contributed by atoms with Crippen molar-refractivity contribution >= 4 is 20.4 Å². The fourth-order valence-electron chi connectivity index (χ4n) is 1.14. The van der Waals surface area contributed by atoms with Crippen LogP contribution in [0.5, 0.6) is 0 Å². The third kappa shape index (κ3) is 6.77. The topological polar surface area (TPSA) is 73.9 Å². The molecule has 0 saturated heterocycles. The molecule has 0 aromatic carbocycles. The highest BCUT2D eigenvalue weighted by molar-refractivity contribution is 6.74. The molecule has 0 heterocycles. The van der Waals surface area contributed by atoms with Crippen LogP contribution in [0.25, 0.3) is 0 Å². The summed E-state index contributed by atoms with van der Waals surface area (Å²) < 4.78 is 15.4. The molecule has 1 unspecified atom stereocenters. The van der Waals surface area contributed by atoms with E-state index in [0.29, 0.717) is 0 Å². The number of hydrogen-bond donors (Lipinski definition) is 1. The number of esters is 1. The minimum absolute atomic E-state index is 0.0109. The van der Waals surface area contributed by atoms with Crippen LogP contribution < -0.4 is 5.32 Å². The van der Waals surface area contributed by atoms with E-state index in [4.69, 9.17) is 9.16 Å². The Morgan fingerprint density at radius 1 is 1.33 bits per heavy atom. The van der Waals surface area contributed by atoms with Crippen molar-refractivity contribution in [1.82, 2.24) is 5.32 Å². The number of methoxy groups -OCH3 is 1. The summed E-state index contributed by atoms with van der Waals surface area (Å²) in [6.07, 6.45) is 0.739. The van der Waals surface area contributed by atoms with Gasteiger partial charge in [0.15, 0.2) is 14.4 Å². The van der Waals surface area contributed by atoms with E-state index in [0.717, 1.165) is 0 Å². The lowest BCUT2D eigenvalue weighted by atomic mass is 10.2. The second-order valence-corrected chi connectivity index (χ2v) is 11.0. The van der Waals surface area contributed by atoms with Crippen LogP contribution in [0.4, 0.5) is 4.79 Å². The minimum atomic E-state index is -2.02. The van der Waals surface area contributed by atoms with Gasteiger partial charge in [0.2, 0.25) is 0 Å². The van der Waals surface area contributed by atoms with Gasteiger partial charge in [-0.15, -0.1) is 0 Å². The number of nitrogens with one attached hydrogen (secondary N) is 1. The molecule has 21 heavy (non-hydrogen) atoms. The van der Waals surface area contributed by atoms with Crippen molar-refractivity contribution in [2.75, 3.05) is 20.3 Å². The van der Waals surface area contributed by atoms with E-state index < -0.39 is 26.4 Å². The Kier molecular flexibility index (Phi) is 7.66. The van der Waals surface area contributed by atoms with Crippen LogP contribution in [0.3, 0.4) is 0 Å². The summed E-state index contributed by atoms with van der Waals surface area (Å²) in [5.74, 6) is -0.565. The fourth-order valence-corrected chi connectivity index (χ4v) is 2.15. The number of rotatable bonds is 7. The molecule has 122 valence electrons. The average molecular weight is 317 g/mol. The fraction of sp³-hybridized carbons (Fsp3) is 0.714. The molecule has 1 atom stereocenters. The van der Waals surface area contributed by atoms with Crippen LogP contribution >= 0.6 is 0 Å². The van der Waals surface area contributed by atoms with Gasteiger partial charge in [0.25, 0.3) is 0 Å². The third-order valence-corrected chi connectivity index (χ3v) is 8.03. The van der Waals surface area contributed by atoms with Crippen LogP contribution in [0.2, 0.25) is 18.1 Å². The van der Waals surface area contributed by atoms with Gasteiger partial charge >= 0.3 is 12.1 Å². The molecule has 1 N–H and O–H groups in total. The largest absolute Gasteiger partial charge is 0.467 e. The molecule has 0 aliphatic rings. The van der Waals surface area contributed by atoms with E-state index in [1.807, 2.05) is 0 Å². The van der Waals surface area contributed by atoms with E-state index >= 15 is 0 Å². The molecule has 1 amide bonds. The van der Waals surface area contributed by atoms with Gasteiger partial charge in [-0.3, -0.25) is 0 Å². The number of hydrogen-bond acceptors (Lipinski definition) is 5. The summed E-state index contributed by atoms with van der Waals surface area (Å²) in [6, 6.07) is -0.888. The number of alkyl carbamates (subject to hydrolysis) is 1. The van der Waals surface area contributed by atoms with Crippen molar-refractivity contribution in [2.45, 2.75) is 44.9 Å². The number of amides is 1. The molecule has 0 aromatic rings. The van der Waals surface area contributed by atoms with Gasteiger partial charge in [0.05, 0.1) is 13.7 Å². The van der Waals surface area contributed by atoms with Crippen molar-refractivity contribution in [3.8, 4) is 0 Å². The molecule has 0 rings (SSSR count). The van der Waals surface area contributed by atoms with Gasteiger partial charge in [-0.05, 0) is 18.1 Å². The zero-order chi connectivity index (χ0) is 16.7. The second-order valence-electron chi connectivity index (χ2n) is 6.18. The summed E-state index contributed by atoms with van der Waals surface area (Å²) in [5, 5.41) is 2.45. The predicted octanol–water partition coefficient (Wildman–Crippen LogP) is 2.46. The van der Waals surface area contributed by atoms with Crippen LogP contribution in [-0.2, 0) is 18.7 Å². The van der Waals surface area contributed by atoms with E-state index in [-0.39, 0.29) is 18.3 Å². The average Bonchev–Trinajstić information content (AvgIpc) is 2.38. The Morgan fingerprint density at radius 2 is 1.90 bits per heavy atom. The van der Waals surface area contributed by atoms with Gasteiger partial charge in [-0.2, -0.15) is 0 Å². The lowest BCUT2D eigenvalue weighted by Crippen LogP contribution is -2.49. The summed E-state index contributed by atoms with van der Waals surface area (Å²) in [5.41, 5.74) is 0. The molecule has 7 heteroatoms. The Hall–Kier alpha value is -1.34. The highest BCUT2D eigenvalue weighted by Crippen LogP contribution is 2.36. The second kappa shape index (κ2) is 8.19. The van der Waals surface area contributed by atoms with Crippen molar-refractivity contribution < 1.29 is 23.5 Å². The molecule has 0 aliphatic heterocycles. The minimum Gasteiger partial charge on any atom is -0.467 e. The summed E-state index contributed by atoms with van der Waals surface area (Å²) in [4.78, 5) is 23.2. The summed E-state index contributed by atoms with van der Waals surface area (Å²) >= 11 is 0. The van der Waals surface area contributed by atoms with Crippen molar-refractivity contribution in [3.05, 3.63) is 12.7 Å². The van der Waals surface area contributed by atoms with Crippen LogP contribution in [0.15, 0.2) is 12.7 Å². The maximum atomic E-state index is 11.7. The molecule has 0 radical (unpaired) electrons. The van der Waals surface area contributed by atoms with Gasteiger partial charge < -0.3 is 19.2 Å². The van der Waals surface area contributed by atoms with Gasteiger partial charge in [-0.1, -0.05) is 33.4 Å². The first-order chi connectivity index (χ1) is 9.55. The quantitative estimate of drug-likeness (QED) is 0.443. The van der Waals surface area contributed by atoms with Crippen molar-refractivity contribution in [2.24, 2.45) is 0 Å².